The molecule has 0 amide bonds. The van der Waals surface area contributed by atoms with Gasteiger partial charge in [0.1, 0.15) is 17.1 Å². The number of nitrogens with zero attached hydrogens (tertiary/aromatic N) is 3. The van der Waals surface area contributed by atoms with Crippen LogP contribution in [0.1, 0.15) is 37.6 Å². The van der Waals surface area contributed by atoms with Gasteiger partial charge in [0.25, 0.3) is 0 Å². The molecular formula is C14H22ClN3O. The number of hydrogen-bond donors (Lipinski definition) is 0. The SMILES string of the molecule is CCCc1nc(Cl)c(C)c(OC2CCN(C)CC2)n1. The Balaban J connectivity index is 2.10. The molecule has 4 nitrogen and oxygen atoms in total. The van der Waals surface area contributed by atoms with Crippen molar-refractivity contribution in [2.75, 3.05) is 20.1 Å². The molecule has 1 fully saturated rings. The van der Waals surface area contributed by atoms with Crippen LogP contribution in [0.2, 0.25) is 5.15 Å². The Morgan fingerprint density at radius 2 is 2.00 bits per heavy atom. The molecule has 0 unspecified atom stereocenters. The Labute approximate surface area is 120 Å². The molecule has 0 aromatic carbocycles. The van der Waals surface area contributed by atoms with Crippen LogP contribution < -0.4 is 4.74 Å². The first-order chi connectivity index (χ1) is 9.10. The van der Waals surface area contributed by atoms with Crippen molar-refractivity contribution in [1.82, 2.24) is 14.9 Å². The third kappa shape index (κ3) is 3.80. The normalized spacial score (nSPS) is 17.7. The minimum atomic E-state index is 0.246. The van der Waals surface area contributed by atoms with Gasteiger partial charge in [0.2, 0.25) is 5.88 Å². The van der Waals surface area contributed by atoms with Gasteiger partial charge in [0.15, 0.2) is 0 Å². The average molecular weight is 284 g/mol. The van der Waals surface area contributed by atoms with Gasteiger partial charge < -0.3 is 9.64 Å². The van der Waals surface area contributed by atoms with Gasteiger partial charge in [0.05, 0.1) is 0 Å². The van der Waals surface area contributed by atoms with Gasteiger partial charge in [-0.15, -0.1) is 0 Å². The van der Waals surface area contributed by atoms with E-state index >= 15 is 0 Å². The van der Waals surface area contributed by atoms with Crippen LogP contribution in [-0.2, 0) is 6.42 Å². The molecule has 0 saturated carbocycles. The Morgan fingerprint density at radius 3 is 2.63 bits per heavy atom. The quantitative estimate of drug-likeness (QED) is 0.797. The van der Waals surface area contributed by atoms with Crippen molar-refractivity contribution < 1.29 is 4.74 Å². The fourth-order valence-corrected chi connectivity index (χ4v) is 2.40. The highest BCUT2D eigenvalue weighted by Crippen LogP contribution is 2.25. The van der Waals surface area contributed by atoms with Gasteiger partial charge in [-0.2, -0.15) is 4.98 Å². The topological polar surface area (TPSA) is 38.2 Å². The first-order valence-electron chi connectivity index (χ1n) is 6.98. The summed E-state index contributed by atoms with van der Waals surface area (Å²) in [6.45, 7) is 6.17. The lowest BCUT2D eigenvalue weighted by Crippen LogP contribution is -2.36. The molecule has 0 radical (unpaired) electrons. The fraction of sp³-hybridized carbons (Fsp3) is 0.714. The van der Waals surface area contributed by atoms with Crippen LogP contribution in [-0.4, -0.2) is 41.1 Å². The maximum atomic E-state index is 6.16. The highest BCUT2D eigenvalue weighted by molar-refractivity contribution is 6.30. The van der Waals surface area contributed by atoms with Crippen LogP contribution in [0.5, 0.6) is 5.88 Å². The smallest absolute Gasteiger partial charge is 0.221 e. The van der Waals surface area contributed by atoms with Crippen LogP contribution in [0, 0.1) is 6.92 Å². The third-order valence-corrected chi connectivity index (χ3v) is 3.87. The van der Waals surface area contributed by atoms with E-state index in [0.29, 0.717) is 11.0 Å². The summed E-state index contributed by atoms with van der Waals surface area (Å²) in [4.78, 5) is 11.1. The number of halogens is 1. The number of piperidine rings is 1. The zero-order chi connectivity index (χ0) is 13.8. The number of aromatic nitrogens is 2. The predicted molar refractivity (Wildman–Crippen MR) is 76.9 cm³/mol. The van der Waals surface area contributed by atoms with Crippen LogP contribution in [0.25, 0.3) is 0 Å². The molecule has 0 spiro atoms. The standard InChI is InChI=1S/C14H22ClN3O/c1-4-5-12-16-13(15)10(2)14(17-12)19-11-6-8-18(3)9-7-11/h11H,4-9H2,1-3H3. The number of hydrogen-bond acceptors (Lipinski definition) is 4. The molecule has 1 saturated heterocycles. The number of likely N-dealkylation sites (tertiary alicyclic amines) is 1. The van der Waals surface area contributed by atoms with E-state index in [2.05, 4.69) is 28.8 Å². The van der Waals surface area contributed by atoms with Gasteiger partial charge >= 0.3 is 0 Å². The monoisotopic (exact) mass is 283 g/mol. The van der Waals surface area contributed by atoms with Crippen LogP contribution in [0.15, 0.2) is 0 Å². The first kappa shape index (κ1) is 14.5. The van der Waals surface area contributed by atoms with Crippen molar-refractivity contribution in [2.45, 2.75) is 45.6 Å². The fourth-order valence-electron chi connectivity index (χ4n) is 2.22. The molecule has 0 atom stereocenters. The van der Waals surface area contributed by atoms with E-state index in [1.54, 1.807) is 0 Å². The summed E-state index contributed by atoms with van der Waals surface area (Å²) in [6, 6.07) is 0. The highest BCUT2D eigenvalue weighted by atomic mass is 35.5. The minimum absolute atomic E-state index is 0.246. The molecule has 5 heteroatoms. The largest absolute Gasteiger partial charge is 0.474 e. The van der Waals surface area contributed by atoms with Gasteiger partial charge in [-0.05, 0) is 33.2 Å². The van der Waals surface area contributed by atoms with Gasteiger partial charge in [-0.3, -0.25) is 0 Å². The van der Waals surface area contributed by atoms with Crippen molar-refractivity contribution in [2.24, 2.45) is 0 Å². The molecular weight excluding hydrogens is 262 g/mol. The number of rotatable bonds is 4. The molecule has 2 heterocycles. The van der Waals surface area contributed by atoms with Gasteiger partial charge in [0, 0.05) is 25.1 Å². The summed E-state index contributed by atoms with van der Waals surface area (Å²) in [5.74, 6) is 1.44. The molecule has 1 aliphatic rings. The van der Waals surface area contributed by atoms with E-state index in [0.717, 1.165) is 50.2 Å². The molecule has 1 aromatic heterocycles. The summed E-state index contributed by atoms with van der Waals surface area (Å²) in [7, 11) is 2.14. The Bertz CT molecular complexity index is 431. The van der Waals surface area contributed by atoms with Gasteiger partial charge in [-0.1, -0.05) is 18.5 Å². The van der Waals surface area contributed by atoms with E-state index in [1.165, 1.54) is 0 Å². The second-order valence-corrected chi connectivity index (χ2v) is 5.59. The van der Waals surface area contributed by atoms with Crippen LogP contribution >= 0.6 is 11.6 Å². The molecule has 1 aliphatic heterocycles. The van der Waals surface area contributed by atoms with E-state index in [-0.39, 0.29) is 6.10 Å². The Morgan fingerprint density at radius 1 is 1.32 bits per heavy atom. The van der Waals surface area contributed by atoms with Crippen LogP contribution in [0.4, 0.5) is 0 Å². The Kier molecular flexibility index (Phi) is 4.99. The number of ether oxygens (including phenoxy) is 1. The van der Waals surface area contributed by atoms with E-state index < -0.39 is 0 Å². The van der Waals surface area contributed by atoms with Crippen molar-refractivity contribution in [3.8, 4) is 5.88 Å². The lowest BCUT2D eigenvalue weighted by atomic mass is 10.1. The molecule has 0 N–H and O–H groups in total. The van der Waals surface area contributed by atoms with Crippen molar-refractivity contribution in [1.29, 1.82) is 0 Å². The van der Waals surface area contributed by atoms with Crippen molar-refractivity contribution in [3.05, 3.63) is 16.5 Å². The summed E-state index contributed by atoms with van der Waals surface area (Å²) in [5.41, 5.74) is 0.848. The Hall–Kier alpha value is -0.870. The summed E-state index contributed by atoms with van der Waals surface area (Å²) in [5, 5.41) is 0.515. The summed E-state index contributed by atoms with van der Waals surface area (Å²) < 4.78 is 6.04. The molecule has 1 aromatic rings. The molecule has 2 rings (SSSR count). The number of aryl methyl sites for hydroxylation is 1. The predicted octanol–water partition coefficient (Wildman–Crippen LogP) is 2.86. The lowest BCUT2D eigenvalue weighted by Gasteiger charge is -2.29. The second kappa shape index (κ2) is 6.53. The van der Waals surface area contributed by atoms with Crippen molar-refractivity contribution in [3.63, 3.8) is 0 Å². The molecule has 106 valence electrons. The molecule has 0 aliphatic carbocycles. The van der Waals surface area contributed by atoms with E-state index in [1.807, 2.05) is 6.92 Å². The molecule has 0 bridgehead atoms. The second-order valence-electron chi connectivity index (χ2n) is 5.23. The zero-order valence-corrected chi connectivity index (χ0v) is 12.7. The lowest BCUT2D eigenvalue weighted by molar-refractivity contribution is 0.109. The molecule has 19 heavy (non-hydrogen) atoms. The maximum Gasteiger partial charge on any atom is 0.221 e. The summed E-state index contributed by atoms with van der Waals surface area (Å²) >= 11 is 6.16. The van der Waals surface area contributed by atoms with Crippen molar-refractivity contribution >= 4 is 11.6 Å². The first-order valence-corrected chi connectivity index (χ1v) is 7.36. The van der Waals surface area contributed by atoms with Crippen LogP contribution in [0.3, 0.4) is 0 Å². The summed E-state index contributed by atoms with van der Waals surface area (Å²) in [6.07, 6.45) is 4.17. The van der Waals surface area contributed by atoms with E-state index in [4.69, 9.17) is 16.3 Å². The third-order valence-electron chi connectivity index (χ3n) is 3.51. The maximum absolute atomic E-state index is 6.16. The van der Waals surface area contributed by atoms with E-state index in [9.17, 15) is 0 Å². The highest BCUT2D eigenvalue weighted by Gasteiger charge is 2.20. The minimum Gasteiger partial charge on any atom is -0.474 e. The van der Waals surface area contributed by atoms with Gasteiger partial charge in [-0.25, -0.2) is 4.98 Å². The average Bonchev–Trinajstić information content (AvgIpc) is 2.38. The zero-order valence-electron chi connectivity index (χ0n) is 11.9.